The van der Waals surface area contributed by atoms with Crippen LogP contribution in [0, 0.1) is 0 Å². The van der Waals surface area contributed by atoms with Crippen LogP contribution in [0.5, 0.6) is 0 Å². The number of alkyl carbamates (subject to hydrolysis) is 1. The van der Waals surface area contributed by atoms with Crippen LogP contribution in [0.2, 0.25) is 0 Å². The van der Waals surface area contributed by atoms with E-state index in [1.54, 1.807) is 25.7 Å². The maximum atomic E-state index is 12.6. The van der Waals surface area contributed by atoms with Crippen LogP contribution in [-0.2, 0) is 10.9 Å². The second kappa shape index (κ2) is 6.50. The average Bonchev–Trinajstić information content (AvgIpc) is 3.02. The zero-order valence-corrected chi connectivity index (χ0v) is 13.9. The van der Waals surface area contributed by atoms with Crippen LogP contribution >= 0.6 is 11.3 Å². The Hall–Kier alpha value is -1.58. The lowest BCUT2D eigenvalue weighted by atomic mass is 10.2. The largest absolute Gasteiger partial charge is 0.445 e. The lowest BCUT2D eigenvalue weighted by molar-refractivity contribution is -0.138. The van der Waals surface area contributed by atoms with Crippen LogP contribution in [0.15, 0.2) is 0 Å². The maximum Gasteiger partial charge on any atom is 0.445 e. The molecule has 23 heavy (non-hydrogen) atoms. The fraction of sp³-hybridized carbons (Fsp3) is 0.769. The SMILES string of the molecule is CC(C)(C)OC(=O)NCC1CCCN1c1nnc(C(F)(F)F)s1. The van der Waals surface area contributed by atoms with Gasteiger partial charge in [0.05, 0.1) is 0 Å². The van der Waals surface area contributed by atoms with Crippen LogP contribution in [0.4, 0.5) is 23.1 Å². The summed E-state index contributed by atoms with van der Waals surface area (Å²) in [6.45, 7) is 6.15. The molecular weight excluding hydrogens is 333 g/mol. The van der Waals surface area contributed by atoms with Crippen molar-refractivity contribution in [2.75, 3.05) is 18.0 Å². The Bertz CT molecular complexity index is 556. The van der Waals surface area contributed by atoms with Crippen LogP contribution < -0.4 is 10.2 Å². The monoisotopic (exact) mass is 352 g/mol. The van der Waals surface area contributed by atoms with Crippen LogP contribution in [0.25, 0.3) is 0 Å². The Morgan fingerprint density at radius 1 is 1.39 bits per heavy atom. The van der Waals surface area contributed by atoms with Gasteiger partial charge in [-0.1, -0.05) is 11.3 Å². The zero-order chi connectivity index (χ0) is 17.3. The number of carbonyl (C=O) groups is 1. The predicted molar refractivity (Wildman–Crippen MR) is 79.5 cm³/mol. The molecule has 6 nitrogen and oxygen atoms in total. The summed E-state index contributed by atoms with van der Waals surface area (Å²) in [5, 5.41) is 8.75. The molecule has 1 unspecified atom stereocenters. The van der Waals surface area contributed by atoms with E-state index in [4.69, 9.17) is 4.74 Å². The molecule has 0 bridgehead atoms. The molecule has 10 heteroatoms. The third-order valence-electron chi connectivity index (χ3n) is 3.16. The molecule has 1 aromatic rings. The normalized spacial score (nSPS) is 19.0. The molecule has 1 amide bonds. The summed E-state index contributed by atoms with van der Waals surface area (Å²) in [7, 11) is 0. The van der Waals surface area contributed by atoms with Crippen molar-refractivity contribution in [1.82, 2.24) is 15.5 Å². The summed E-state index contributed by atoms with van der Waals surface area (Å²) < 4.78 is 43.0. The smallest absolute Gasteiger partial charge is 0.444 e. The van der Waals surface area contributed by atoms with Gasteiger partial charge in [0, 0.05) is 19.1 Å². The number of nitrogens with one attached hydrogen (secondary N) is 1. The third kappa shape index (κ3) is 4.95. The Morgan fingerprint density at radius 3 is 2.65 bits per heavy atom. The molecular formula is C13H19F3N4O2S. The van der Waals surface area contributed by atoms with Crippen molar-refractivity contribution in [2.45, 2.75) is 51.4 Å². The van der Waals surface area contributed by atoms with E-state index in [0.29, 0.717) is 17.9 Å². The Kier molecular flexibility index (Phi) is 5.02. The van der Waals surface area contributed by atoms with Crippen molar-refractivity contribution in [3.05, 3.63) is 5.01 Å². The number of alkyl halides is 3. The molecule has 1 saturated heterocycles. The summed E-state index contributed by atoms with van der Waals surface area (Å²) in [6, 6.07) is -0.114. The molecule has 1 atom stereocenters. The van der Waals surface area contributed by atoms with E-state index in [1.165, 1.54) is 0 Å². The van der Waals surface area contributed by atoms with E-state index in [-0.39, 0.29) is 17.7 Å². The Labute approximate surface area is 136 Å². The highest BCUT2D eigenvalue weighted by Gasteiger charge is 2.37. The standard InChI is InChI=1S/C13H19F3N4O2S/c1-12(2,3)22-11(21)17-7-8-5-4-6-20(8)10-19-18-9(23-10)13(14,15)16/h8H,4-7H2,1-3H3,(H,17,21). The average molecular weight is 352 g/mol. The second-order valence-electron chi connectivity index (χ2n) is 6.26. The van der Waals surface area contributed by atoms with E-state index < -0.39 is 22.9 Å². The first-order valence-electron chi connectivity index (χ1n) is 7.20. The summed E-state index contributed by atoms with van der Waals surface area (Å²) in [5.74, 6) is 0. The first kappa shape index (κ1) is 17.8. The lowest BCUT2D eigenvalue weighted by Gasteiger charge is -2.25. The van der Waals surface area contributed by atoms with Gasteiger partial charge in [0.25, 0.3) is 0 Å². The van der Waals surface area contributed by atoms with E-state index in [0.717, 1.165) is 12.8 Å². The maximum absolute atomic E-state index is 12.6. The van der Waals surface area contributed by atoms with E-state index in [1.807, 2.05) is 0 Å². The van der Waals surface area contributed by atoms with Crippen LogP contribution in [-0.4, -0.2) is 41.0 Å². The van der Waals surface area contributed by atoms with Gasteiger partial charge in [0.1, 0.15) is 5.60 Å². The van der Waals surface area contributed by atoms with Crippen molar-refractivity contribution < 1.29 is 22.7 Å². The number of hydrogen-bond donors (Lipinski definition) is 1. The molecule has 1 aromatic heterocycles. The highest BCUT2D eigenvalue weighted by atomic mass is 32.1. The number of carbonyl (C=O) groups excluding carboxylic acids is 1. The fourth-order valence-electron chi connectivity index (χ4n) is 2.26. The fourth-order valence-corrected chi connectivity index (χ4v) is 3.07. The Morgan fingerprint density at radius 2 is 2.09 bits per heavy atom. The first-order chi connectivity index (χ1) is 10.6. The zero-order valence-electron chi connectivity index (χ0n) is 13.1. The van der Waals surface area contributed by atoms with Crippen LogP contribution in [0.3, 0.4) is 0 Å². The number of aromatic nitrogens is 2. The van der Waals surface area contributed by atoms with Gasteiger partial charge >= 0.3 is 12.3 Å². The molecule has 0 aromatic carbocycles. The summed E-state index contributed by atoms with van der Waals surface area (Å²) in [4.78, 5) is 13.4. The van der Waals surface area contributed by atoms with Crippen molar-refractivity contribution in [2.24, 2.45) is 0 Å². The van der Waals surface area contributed by atoms with Gasteiger partial charge in [0.15, 0.2) is 0 Å². The molecule has 2 rings (SSSR count). The number of anilines is 1. The number of hydrogen-bond acceptors (Lipinski definition) is 6. The lowest BCUT2D eigenvalue weighted by Crippen LogP contribution is -2.42. The number of amides is 1. The predicted octanol–water partition coefficient (Wildman–Crippen LogP) is 3.05. The highest BCUT2D eigenvalue weighted by molar-refractivity contribution is 7.15. The molecule has 2 heterocycles. The number of halogens is 3. The van der Waals surface area contributed by atoms with Gasteiger partial charge < -0.3 is 15.0 Å². The van der Waals surface area contributed by atoms with Gasteiger partial charge in [-0.25, -0.2) is 4.79 Å². The van der Waals surface area contributed by atoms with Crippen molar-refractivity contribution >= 4 is 22.6 Å². The molecule has 130 valence electrons. The summed E-state index contributed by atoms with van der Waals surface area (Å²) in [6.07, 6.45) is -3.45. The third-order valence-corrected chi connectivity index (χ3v) is 4.17. The molecule has 1 fully saturated rings. The number of rotatable bonds is 3. The van der Waals surface area contributed by atoms with Crippen molar-refractivity contribution in [3.8, 4) is 0 Å². The van der Waals surface area contributed by atoms with Gasteiger partial charge in [-0.15, -0.1) is 10.2 Å². The number of ether oxygens (including phenoxy) is 1. The molecule has 0 spiro atoms. The minimum atomic E-state index is -4.49. The van der Waals surface area contributed by atoms with E-state index in [9.17, 15) is 18.0 Å². The minimum Gasteiger partial charge on any atom is -0.444 e. The number of nitrogens with zero attached hydrogens (tertiary/aromatic N) is 3. The van der Waals surface area contributed by atoms with Gasteiger partial charge in [-0.2, -0.15) is 13.2 Å². The highest BCUT2D eigenvalue weighted by Crippen LogP contribution is 2.36. The molecule has 1 aliphatic heterocycles. The van der Waals surface area contributed by atoms with Gasteiger partial charge in [-0.3, -0.25) is 0 Å². The molecule has 0 saturated carbocycles. The topological polar surface area (TPSA) is 67.3 Å². The molecule has 1 N–H and O–H groups in total. The van der Waals surface area contributed by atoms with Crippen molar-refractivity contribution in [3.63, 3.8) is 0 Å². The summed E-state index contributed by atoms with van der Waals surface area (Å²) >= 11 is 0.520. The molecule has 0 radical (unpaired) electrons. The second-order valence-corrected chi connectivity index (χ2v) is 7.22. The minimum absolute atomic E-state index is 0.114. The first-order valence-corrected chi connectivity index (χ1v) is 8.02. The molecule has 0 aliphatic carbocycles. The van der Waals surface area contributed by atoms with E-state index >= 15 is 0 Å². The Balaban J connectivity index is 1.95. The molecule has 1 aliphatic rings. The van der Waals surface area contributed by atoms with E-state index in [2.05, 4.69) is 15.5 Å². The van der Waals surface area contributed by atoms with Gasteiger partial charge in [0.2, 0.25) is 10.1 Å². The summed E-state index contributed by atoms with van der Waals surface area (Å²) in [5.41, 5.74) is -0.597. The van der Waals surface area contributed by atoms with Gasteiger partial charge in [-0.05, 0) is 33.6 Å². The quantitative estimate of drug-likeness (QED) is 0.906. The van der Waals surface area contributed by atoms with Crippen molar-refractivity contribution in [1.29, 1.82) is 0 Å². The van der Waals surface area contributed by atoms with Crippen LogP contribution in [0.1, 0.15) is 38.6 Å².